The predicted molar refractivity (Wildman–Crippen MR) is 93.8 cm³/mol. The highest BCUT2D eigenvalue weighted by molar-refractivity contribution is 6.42. The van der Waals surface area contributed by atoms with Gasteiger partial charge >= 0.3 is 0 Å². The zero-order chi connectivity index (χ0) is 16.8. The van der Waals surface area contributed by atoms with Gasteiger partial charge in [0.15, 0.2) is 0 Å². The van der Waals surface area contributed by atoms with Gasteiger partial charge in [0.25, 0.3) is 0 Å². The molecule has 1 amide bonds. The number of nitrogens with one attached hydrogen (secondary N) is 1. The van der Waals surface area contributed by atoms with Crippen LogP contribution in [0.4, 0.5) is 0 Å². The van der Waals surface area contributed by atoms with Crippen molar-refractivity contribution >= 4 is 29.1 Å². The molecule has 24 heavy (non-hydrogen) atoms. The lowest BCUT2D eigenvalue weighted by molar-refractivity contribution is -0.137. The fourth-order valence-electron chi connectivity index (χ4n) is 4.15. The Morgan fingerprint density at radius 1 is 1.29 bits per heavy atom. The lowest BCUT2D eigenvalue weighted by atomic mass is 9.95. The summed E-state index contributed by atoms with van der Waals surface area (Å²) in [6, 6.07) is 3.89. The lowest BCUT2D eigenvalue weighted by Gasteiger charge is -2.40. The number of carbonyl (C=O) groups excluding carboxylic acids is 1. The number of rotatable bonds is 3. The van der Waals surface area contributed by atoms with E-state index in [-0.39, 0.29) is 23.6 Å². The van der Waals surface area contributed by atoms with Gasteiger partial charge in [-0.05, 0) is 31.5 Å². The Labute approximate surface area is 151 Å². The normalized spacial score (nSPS) is 30.3. The van der Waals surface area contributed by atoms with Crippen molar-refractivity contribution in [2.75, 3.05) is 32.7 Å². The van der Waals surface area contributed by atoms with E-state index in [9.17, 15) is 9.90 Å². The van der Waals surface area contributed by atoms with Gasteiger partial charge in [-0.1, -0.05) is 23.2 Å². The number of fused-ring (bicyclic) bond motifs is 1. The second kappa shape index (κ2) is 6.37. The summed E-state index contributed by atoms with van der Waals surface area (Å²) in [5, 5.41) is 14.5. The third-order valence-electron chi connectivity index (χ3n) is 5.48. The van der Waals surface area contributed by atoms with Crippen LogP contribution in [0.5, 0.6) is 5.75 Å². The van der Waals surface area contributed by atoms with Crippen LogP contribution in [-0.4, -0.2) is 65.6 Å². The smallest absolute Gasteiger partial charge is 0.237 e. The van der Waals surface area contributed by atoms with Gasteiger partial charge in [-0.2, -0.15) is 0 Å². The van der Waals surface area contributed by atoms with Crippen LogP contribution in [0.1, 0.15) is 24.3 Å². The van der Waals surface area contributed by atoms with Crippen LogP contribution in [0.15, 0.2) is 12.1 Å². The lowest BCUT2D eigenvalue weighted by Crippen LogP contribution is -2.58. The Hall–Kier alpha value is -1.01. The summed E-state index contributed by atoms with van der Waals surface area (Å²) in [4.78, 5) is 16.7. The van der Waals surface area contributed by atoms with Crippen molar-refractivity contribution < 1.29 is 9.90 Å². The standard InChI is InChI=1S/C17H21Cl2N3O2/c18-13-1-2-14(23)16(17(13)19)10-5-12-8-21(7-11-3-4-20-11)9-15(24)22(12)6-10/h1-2,10-12,20,23H,3-9H2/t10-,11-,12-/m0/s1. The van der Waals surface area contributed by atoms with E-state index >= 15 is 0 Å². The molecule has 7 heteroatoms. The van der Waals surface area contributed by atoms with E-state index in [1.54, 1.807) is 12.1 Å². The van der Waals surface area contributed by atoms with E-state index in [1.165, 1.54) is 6.42 Å². The number of benzene rings is 1. The Kier molecular flexibility index (Phi) is 4.37. The first-order chi connectivity index (χ1) is 11.5. The maximum Gasteiger partial charge on any atom is 0.237 e. The summed E-state index contributed by atoms with van der Waals surface area (Å²) < 4.78 is 0. The molecule has 3 heterocycles. The van der Waals surface area contributed by atoms with E-state index in [0.29, 0.717) is 34.7 Å². The first kappa shape index (κ1) is 16.5. The summed E-state index contributed by atoms with van der Waals surface area (Å²) in [5.41, 5.74) is 0.679. The topological polar surface area (TPSA) is 55.8 Å². The molecule has 0 radical (unpaired) electrons. The molecule has 130 valence electrons. The van der Waals surface area contributed by atoms with Crippen molar-refractivity contribution in [3.63, 3.8) is 0 Å². The fraction of sp³-hybridized carbons (Fsp3) is 0.588. The first-order valence-corrected chi connectivity index (χ1v) is 9.20. The fourth-order valence-corrected chi connectivity index (χ4v) is 4.63. The van der Waals surface area contributed by atoms with E-state index in [4.69, 9.17) is 23.2 Å². The van der Waals surface area contributed by atoms with Crippen LogP contribution >= 0.6 is 23.2 Å². The number of carbonyl (C=O) groups is 1. The van der Waals surface area contributed by atoms with E-state index in [1.807, 2.05) is 4.90 Å². The molecule has 0 bridgehead atoms. The van der Waals surface area contributed by atoms with E-state index < -0.39 is 0 Å². The zero-order valence-corrected chi connectivity index (χ0v) is 14.9. The van der Waals surface area contributed by atoms with Gasteiger partial charge in [-0.3, -0.25) is 9.69 Å². The van der Waals surface area contributed by atoms with Gasteiger partial charge < -0.3 is 15.3 Å². The van der Waals surface area contributed by atoms with E-state index in [0.717, 1.165) is 26.1 Å². The Morgan fingerprint density at radius 3 is 2.79 bits per heavy atom. The van der Waals surface area contributed by atoms with Crippen molar-refractivity contribution in [3.8, 4) is 5.75 Å². The second-order valence-electron chi connectivity index (χ2n) is 7.06. The molecule has 0 aromatic heterocycles. The van der Waals surface area contributed by atoms with Crippen LogP contribution in [0.25, 0.3) is 0 Å². The van der Waals surface area contributed by atoms with Gasteiger partial charge in [-0.15, -0.1) is 0 Å². The van der Waals surface area contributed by atoms with Gasteiger partial charge in [-0.25, -0.2) is 0 Å². The molecule has 0 spiro atoms. The van der Waals surface area contributed by atoms with Crippen molar-refractivity contribution in [3.05, 3.63) is 27.7 Å². The van der Waals surface area contributed by atoms with Crippen molar-refractivity contribution in [2.24, 2.45) is 0 Å². The van der Waals surface area contributed by atoms with Crippen LogP contribution in [0.2, 0.25) is 10.0 Å². The Morgan fingerprint density at radius 2 is 2.08 bits per heavy atom. The number of hydrogen-bond donors (Lipinski definition) is 2. The molecule has 3 saturated heterocycles. The summed E-state index contributed by atoms with van der Waals surface area (Å²) in [6.07, 6.45) is 2.00. The average Bonchev–Trinajstić information content (AvgIpc) is 2.91. The van der Waals surface area contributed by atoms with Crippen LogP contribution < -0.4 is 5.32 Å². The van der Waals surface area contributed by atoms with Gasteiger partial charge in [0, 0.05) is 43.2 Å². The molecule has 3 atom stereocenters. The van der Waals surface area contributed by atoms with Crippen LogP contribution in [0.3, 0.4) is 0 Å². The molecule has 3 aliphatic heterocycles. The SMILES string of the molecule is O=C1CN(C[C@@H]2CCN2)C[C@@H]2C[C@H](c3c(O)ccc(Cl)c3Cl)CN12. The number of aromatic hydroxyl groups is 1. The summed E-state index contributed by atoms with van der Waals surface area (Å²) in [6.45, 7) is 3.99. The number of halogens is 2. The third-order valence-corrected chi connectivity index (χ3v) is 6.30. The molecular weight excluding hydrogens is 349 g/mol. The molecule has 1 aromatic carbocycles. The third kappa shape index (κ3) is 2.88. The van der Waals surface area contributed by atoms with Gasteiger partial charge in [0.1, 0.15) is 5.75 Å². The minimum atomic E-state index is 0.0342. The summed E-state index contributed by atoms with van der Waals surface area (Å²) >= 11 is 12.4. The monoisotopic (exact) mass is 369 g/mol. The van der Waals surface area contributed by atoms with E-state index in [2.05, 4.69) is 10.2 Å². The Balaban J connectivity index is 1.51. The first-order valence-electron chi connectivity index (χ1n) is 8.45. The second-order valence-corrected chi connectivity index (χ2v) is 7.85. The largest absolute Gasteiger partial charge is 0.508 e. The van der Waals surface area contributed by atoms with Crippen LogP contribution in [-0.2, 0) is 4.79 Å². The number of amides is 1. The van der Waals surface area contributed by atoms with Crippen molar-refractivity contribution in [2.45, 2.75) is 30.8 Å². The highest BCUT2D eigenvalue weighted by Gasteiger charge is 2.42. The number of nitrogens with zero attached hydrogens (tertiary/aromatic N) is 2. The summed E-state index contributed by atoms with van der Waals surface area (Å²) in [7, 11) is 0. The maximum atomic E-state index is 12.5. The molecule has 0 unspecified atom stereocenters. The molecule has 0 saturated carbocycles. The highest BCUT2D eigenvalue weighted by Crippen LogP contribution is 2.43. The predicted octanol–water partition coefficient (Wildman–Crippen LogP) is 2.06. The molecule has 5 nitrogen and oxygen atoms in total. The number of hydrogen-bond acceptors (Lipinski definition) is 4. The molecule has 4 rings (SSSR count). The highest BCUT2D eigenvalue weighted by atomic mass is 35.5. The van der Waals surface area contributed by atoms with Crippen LogP contribution in [0, 0.1) is 0 Å². The minimum Gasteiger partial charge on any atom is -0.508 e. The maximum absolute atomic E-state index is 12.5. The molecular formula is C17H21Cl2N3O2. The van der Waals surface area contributed by atoms with Crippen molar-refractivity contribution in [1.82, 2.24) is 15.1 Å². The molecule has 2 N–H and O–H groups in total. The number of phenolic OH excluding ortho intramolecular Hbond substituents is 1. The average molecular weight is 370 g/mol. The molecule has 3 fully saturated rings. The number of piperazine rings is 1. The van der Waals surface area contributed by atoms with Crippen molar-refractivity contribution in [1.29, 1.82) is 0 Å². The molecule has 0 aliphatic carbocycles. The minimum absolute atomic E-state index is 0.0342. The Bertz CT molecular complexity index is 665. The van der Waals surface area contributed by atoms with Gasteiger partial charge in [0.05, 0.1) is 16.6 Å². The van der Waals surface area contributed by atoms with Gasteiger partial charge in [0.2, 0.25) is 5.91 Å². The summed E-state index contributed by atoms with van der Waals surface area (Å²) in [5.74, 6) is 0.370. The number of phenols is 1. The quantitative estimate of drug-likeness (QED) is 0.855. The molecule has 1 aromatic rings. The molecule has 3 aliphatic rings. The zero-order valence-electron chi connectivity index (χ0n) is 13.3.